The number of anilines is 1. The van der Waals surface area contributed by atoms with Crippen LogP contribution in [-0.2, 0) is 4.79 Å². The van der Waals surface area contributed by atoms with Crippen LogP contribution in [0.1, 0.15) is 22.7 Å². The summed E-state index contributed by atoms with van der Waals surface area (Å²) in [5, 5.41) is 12.6. The van der Waals surface area contributed by atoms with Crippen LogP contribution in [0.4, 0.5) is 5.69 Å². The smallest absolute Gasteiger partial charge is 0.238 e. The summed E-state index contributed by atoms with van der Waals surface area (Å²) in [6.07, 6.45) is 0. The van der Waals surface area contributed by atoms with E-state index < -0.39 is 0 Å². The third-order valence-electron chi connectivity index (χ3n) is 5.75. The summed E-state index contributed by atoms with van der Waals surface area (Å²) >= 11 is 6.02. The van der Waals surface area contributed by atoms with Crippen LogP contribution in [0.3, 0.4) is 0 Å². The van der Waals surface area contributed by atoms with E-state index in [1.807, 2.05) is 12.1 Å². The van der Waals surface area contributed by atoms with E-state index in [1.165, 1.54) is 11.1 Å². The molecule has 0 atom stereocenters. The first-order valence-corrected chi connectivity index (χ1v) is 11.1. The molecular weight excluding hydrogens is 420 g/mol. The summed E-state index contributed by atoms with van der Waals surface area (Å²) < 4.78 is 0. The Morgan fingerprint density at radius 3 is 2.09 bits per heavy atom. The van der Waals surface area contributed by atoms with Gasteiger partial charge in [0, 0.05) is 31.2 Å². The zero-order valence-corrected chi connectivity index (χ0v) is 18.5. The van der Waals surface area contributed by atoms with Gasteiger partial charge in [0.15, 0.2) is 0 Å². The van der Waals surface area contributed by atoms with E-state index >= 15 is 0 Å². The maximum atomic E-state index is 12.6. The lowest BCUT2D eigenvalue weighted by Gasteiger charge is -2.39. The zero-order valence-electron chi connectivity index (χ0n) is 17.7. The number of nitrogens with one attached hydrogen (secondary N) is 1. The van der Waals surface area contributed by atoms with Crippen LogP contribution in [0.25, 0.3) is 0 Å². The van der Waals surface area contributed by atoms with Gasteiger partial charge in [-0.3, -0.25) is 14.6 Å². The predicted molar refractivity (Wildman–Crippen MR) is 128 cm³/mol. The van der Waals surface area contributed by atoms with Gasteiger partial charge < -0.3 is 5.32 Å². The number of benzene rings is 3. The number of rotatable bonds is 6. The van der Waals surface area contributed by atoms with Gasteiger partial charge in [-0.1, -0.05) is 72.3 Å². The number of carbonyl (C=O) groups excluding carboxylic acids is 1. The summed E-state index contributed by atoms with van der Waals surface area (Å²) in [7, 11) is 0. The summed E-state index contributed by atoms with van der Waals surface area (Å²) in [6, 6.07) is 28.3. The molecule has 5 nitrogen and oxygen atoms in total. The minimum Gasteiger partial charge on any atom is -0.324 e. The van der Waals surface area contributed by atoms with E-state index in [0.717, 1.165) is 26.2 Å². The Hall–Kier alpha value is -3.17. The van der Waals surface area contributed by atoms with Crippen LogP contribution < -0.4 is 5.32 Å². The number of carbonyl (C=O) groups is 1. The van der Waals surface area contributed by atoms with Gasteiger partial charge in [0.25, 0.3) is 0 Å². The van der Waals surface area contributed by atoms with Gasteiger partial charge in [-0.15, -0.1) is 0 Å². The molecule has 1 aliphatic rings. The molecule has 0 aromatic heterocycles. The van der Waals surface area contributed by atoms with Gasteiger partial charge in [0.2, 0.25) is 5.91 Å². The van der Waals surface area contributed by atoms with Crippen LogP contribution >= 0.6 is 11.6 Å². The van der Waals surface area contributed by atoms with Crippen molar-refractivity contribution in [1.82, 2.24) is 9.80 Å². The predicted octanol–water partition coefficient (Wildman–Crippen LogP) is 4.56. The molecule has 0 bridgehead atoms. The Balaban J connectivity index is 1.39. The molecule has 0 spiro atoms. The van der Waals surface area contributed by atoms with Gasteiger partial charge >= 0.3 is 0 Å². The molecule has 0 unspecified atom stereocenters. The van der Waals surface area contributed by atoms with Gasteiger partial charge in [0.05, 0.1) is 23.8 Å². The molecule has 0 radical (unpaired) electrons. The molecule has 32 heavy (non-hydrogen) atoms. The lowest BCUT2D eigenvalue weighted by atomic mass is 9.96. The van der Waals surface area contributed by atoms with E-state index in [0.29, 0.717) is 16.3 Å². The number of halogens is 1. The fourth-order valence-corrected chi connectivity index (χ4v) is 4.35. The minimum absolute atomic E-state index is 0.139. The summed E-state index contributed by atoms with van der Waals surface area (Å²) in [5.74, 6) is -0.139. The molecule has 1 heterocycles. The topological polar surface area (TPSA) is 59.4 Å². The van der Waals surface area contributed by atoms with E-state index in [9.17, 15) is 10.1 Å². The maximum Gasteiger partial charge on any atom is 0.238 e. The molecule has 1 N–H and O–H groups in total. The number of nitriles is 1. The average Bonchev–Trinajstić information content (AvgIpc) is 2.82. The number of nitrogens with zero attached hydrogens (tertiary/aromatic N) is 3. The Labute approximate surface area is 193 Å². The first kappa shape index (κ1) is 22.0. The third kappa shape index (κ3) is 5.35. The largest absolute Gasteiger partial charge is 0.324 e. The quantitative estimate of drug-likeness (QED) is 0.605. The summed E-state index contributed by atoms with van der Waals surface area (Å²) in [4.78, 5) is 17.2. The van der Waals surface area contributed by atoms with Crippen molar-refractivity contribution in [2.45, 2.75) is 6.04 Å². The second-order valence-corrected chi connectivity index (χ2v) is 8.32. The lowest BCUT2D eigenvalue weighted by Crippen LogP contribution is -2.49. The van der Waals surface area contributed by atoms with E-state index in [2.05, 4.69) is 69.7 Å². The second-order valence-electron chi connectivity index (χ2n) is 7.89. The average molecular weight is 445 g/mol. The van der Waals surface area contributed by atoms with Crippen LogP contribution in [0.2, 0.25) is 5.02 Å². The molecule has 3 aromatic carbocycles. The number of piperazine rings is 1. The fraction of sp³-hybridized carbons (Fsp3) is 0.231. The number of amides is 1. The fourth-order valence-electron chi connectivity index (χ4n) is 4.17. The molecule has 6 heteroatoms. The van der Waals surface area contributed by atoms with Crippen molar-refractivity contribution in [2.24, 2.45) is 0 Å². The van der Waals surface area contributed by atoms with Crippen LogP contribution in [-0.4, -0.2) is 48.4 Å². The highest BCUT2D eigenvalue weighted by Crippen LogP contribution is 2.29. The van der Waals surface area contributed by atoms with E-state index in [4.69, 9.17) is 11.6 Å². The van der Waals surface area contributed by atoms with Crippen molar-refractivity contribution in [3.8, 4) is 6.07 Å². The molecule has 0 saturated carbocycles. The van der Waals surface area contributed by atoms with Gasteiger partial charge in [-0.2, -0.15) is 5.26 Å². The highest BCUT2D eigenvalue weighted by atomic mass is 35.5. The van der Waals surface area contributed by atoms with Crippen molar-refractivity contribution < 1.29 is 4.79 Å². The highest BCUT2D eigenvalue weighted by Gasteiger charge is 2.27. The monoisotopic (exact) mass is 444 g/mol. The molecule has 1 fully saturated rings. The van der Waals surface area contributed by atoms with Crippen molar-refractivity contribution in [2.75, 3.05) is 38.0 Å². The number of hydrogen-bond acceptors (Lipinski definition) is 4. The molecule has 1 saturated heterocycles. The van der Waals surface area contributed by atoms with Crippen LogP contribution in [0.15, 0.2) is 78.9 Å². The third-order valence-corrected chi connectivity index (χ3v) is 5.98. The Morgan fingerprint density at radius 1 is 0.938 bits per heavy atom. The molecule has 3 aromatic rings. The Bertz CT molecular complexity index is 1050. The number of hydrogen-bond donors (Lipinski definition) is 1. The first-order chi connectivity index (χ1) is 15.6. The highest BCUT2D eigenvalue weighted by molar-refractivity contribution is 6.31. The minimum atomic E-state index is -0.139. The van der Waals surface area contributed by atoms with Crippen LogP contribution in [0, 0.1) is 11.3 Å². The van der Waals surface area contributed by atoms with Gasteiger partial charge in [-0.25, -0.2) is 0 Å². The normalized spacial score (nSPS) is 14.8. The van der Waals surface area contributed by atoms with E-state index in [-0.39, 0.29) is 18.5 Å². The van der Waals surface area contributed by atoms with Gasteiger partial charge in [0.1, 0.15) is 6.07 Å². The van der Waals surface area contributed by atoms with Gasteiger partial charge in [-0.05, 0) is 29.3 Å². The standard InChI is InChI=1S/C26H25ClN4O/c27-23-12-11-22(18-28)24(17-23)29-25(32)19-30-13-15-31(16-14-30)26(20-7-3-1-4-8-20)21-9-5-2-6-10-21/h1-12,17,26H,13-16,19H2,(H,29,32). The first-order valence-electron chi connectivity index (χ1n) is 10.7. The Morgan fingerprint density at radius 2 is 1.53 bits per heavy atom. The van der Waals surface area contributed by atoms with Crippen molar-refractivity contribution in [1.29, 1.82) is 5.26 Å². The van der Waals surface area contributed by atoms with Crippen LogP contribution in [0.5, 0.6) is 0 Å². The zero-order chi connectivity index (χ0) is 22.3. The molecule has 4 rings (SSSR count). The summed E-state index contributed by atoms with van der Waals surface area (Å²) in [5.41, 5.74) is 3.41. The second kappa shape index (κ2) is 10.4. The molecule has 1 amide bonds. The Kier molecular flexibility index (Phi) is 7.18. The maximum absolute atomic E-state index is 12.6. The summed E-state index contributed by atoms with van der Waals surface area (Å²) in [6.45, 7) is 3.60. The molecular formula is C26H25ClN4O. The molecule has 162 valence electrons. The van der Waals surface area contributed by atoms with Crippen molar-refractivity contribution >= 4 is 23.2 Å². The molecule has 1 aliphatic heterocycles. The lowest BCUT2D eigenvalue weighted by molar-refractivity contribution is -0.117. The van der Waals surface area contributed by atoms with Crippen molar-refractivity contribution in [3.05, 3.63) is 101 Å². The molecule has 0 aliphatic carbocycles. The van der Waals surface area contributed by atoms with E-state index in [1.54, 1.807) is 18.2 Å². The van der Waals surface area contributed by atoms with Crippen molar-refractivity contribution in [3.63, 3.8) is 0 Å². The SMILES string of the molecule is N#Cc1ccc(Cl)cc1NC(=O)CN1CCN(C(c2ccccc2)c2ccccc2)CC1.